The Balaban J connectivity index is 1.95. The highest BCUT2D eigenvalue weighted by Gasteiger charge is 2.19. The molecular formula is C14H23N3O2S. The summed E-state index contributed by atoms with van der Waals surface area (Å²) in [4.78, 5) is 2.66. The zero-order valence-corrected chi connectivity index (χ0v) is 13.2. The zero-order valence-electron chi connectivity index (χ0n) is 12.3. The first kappa shape index (κ1) is 15.3. The molecule has 0 aliphatic carbocycles. The Morgan fingerprint density at radius 2 is 1.95 bits per heavy atom. The highest BCUT2D eigenvalue weighted by atomic mass is 32.2. The molecule has 1 saturated heterocycles. The Morgan fingerprint density at radius 3 is 2.45 bits per heavy atom. The fourth-order valence-electron chi connectivity index (χ4n) is 2.41. The average molecular weight is 297 g/mol. The number of hydrogen-bond donors (Lipinski definition) is 1. The van der Waals surface area contributed by atoms with E-state index in [0.717, 1.165) is 25.3 Å². The van der Waals surface area contributed by atoms with Crippen LogP contribution in [0.5, 0.6) is 0 Å². The van der Waals surface area contributed by atoms with E-state index in [1.807, 2.05) is 12.1 Å². The standard InChI is InChI=1S/C14H23N3O2S/c1-16(2)20(18,19)14-6-4-13(5-7-14)15-10-12-8-9-17(3)11-12/h4-7,12,15H,8-11H2,1-3H3. The Hall–Kier alpha value is -1.11. The summed E-state index contributed by atoms with van der Waals surface area (Å²) in [5, 5.41) is 3.38. The first-order valence-corrected chi connectivity index (χ1v) is 8.28. The summed E-state index contributed by atoms with van der Waals surface area (Å²) >= 11 is 0. The van der Waals surface area contributed by atoms with Crippen LogP contribution in [0.15, 0.2) is 29.2 Å². The lowest BCUT2D eigenvalue weighted by Crippen LogP contribution is -2.22. The summed E-state index contributed by atoms with van der Waals surface area (Å²) in [5.74, 6) is 0.671. The predicted molar refractivity (Wildman–Crippen MR) is 81.4 cm³/mol. The molecule has 1 aromatic carbocycles. The molecule has 2 rings (SSSR count). The number of hydrogen-bond acceptors (Lipinski definition) is 4. The minimum atomic E-state index is -3.33. The number of rotatable bonds is 5. The van der Waals surface area contributed by atoms with Crippen LogP contribution in [-0.4, -0.2) is 58.4 Å². The van der Waals surface area contributed by atoms with E-state index in [1.54, 1.807) is 12.1 Å². The molecule has 5 nitrogen and oxygen atoms in total. The van der Waals surface area contributed by atoms with Crippen molar-refractivity contribution < 1.29 is 8.42 Å². The third-order valence-electron chi connectivity index (χ3n) is 3.72. The molecule has 0 bridgehead atoms. The summed E-state index contributed by atoms with van der Waals surface area (Å²) in [5.41, 5.74) is 0.970. The van der Waals surface area contributed by atoms with Gasteiger partial charge < -0.3 is 10.2 Å². The van der Waals surface area contributed by atoms with Crippen molar-refractivity contribution >= 4 is 15.7 Å². The van der Waals surface area contributed by atoms with Crippen molar-refractivity contribution in [1.29, 1.82) is 0 Å². The van der Waals surface area contributed by atoms with Crippen molar-refractivity contribution in [2.45, 2.75) is 11.3 Å². The predicted octanol–water partition coefficient (Wildman–Crippen LogP) is 1.30. The number of likely N-dealkylation sites (tertiary alicyclic amines) is 1. The Bertz CT molecular complexity index is 540. The van der Waals surface area contributed by atoms with Gasteiger partial charge in [-0.25, -0.2) is 12.7 Å². The molecule has 1 N–H and O–H groups in total. The fourth-order valence-corrected chi connectivity index (χ4v) is 3.31. The fraction of sp³-hybridized carbons (Fsp3) is 0.571. The monoisotopic (exact) mass is 297 g/mol. The third-order valence-corrected chi connectivity index (χ3v) is 5.55. The van der Waals surface area contributed by atoms with E-state index in [0.29, 0.717) is 10.8 Å². The largest absolute Gasteiger partial charge is 0.385 e. The Kier molecular flexibility index (Phi) is 4.67. The SMILES string of the molecule is CN1CCC(CNc2ccc(S(=O)(=O)N(C)C)cc2)C1. The van der Waals surface area contributed by atoms with E-state index in [4.69, 9.17) is 0 Å². The Labute approximate surface area is 121 Å². The molecule has 0 spiro atoms. The molecule has 6 heteroatoms. The van der Waals surface area contributed by atoms with Gasteiger partial charge in [0.15, 0.2) is 0 Å². The van der Waals surface area contributed by atoms with E-state index >= 15 is 0 Å². The highest BCUT2D eigenvalue weighted by Crippen LogP contribution is 2.18. The molecule has 0 saturated carbocycles. The molecule has 1 atom stereocenters. The maximum atomic E-state index is 11.9. The topological polar surface area (TPSA) is 52.7 Å². The summed E-state index contributed by atoms with van der Waals surface area (Å²) < 4.78 is 25.1. The number of anilines is 1. The van der Waals surface area contributed by atoms with Crippen LogP contribution in [-0.2, 0) is 10.0 Å². The van der Waals surface area contributed by atoms with E-state index in [2.05, 4.69) is 17.3 Å². The lowest BCUT2D eigenvalue weighted by atomic mass is 10.1. The summed E-state index contributed by atoms with van der Waals surface area (Å²) in [7, 11) is 1.89. The van der Waals surface area contributed by atoms with E-state index in [9.17, 15) is 8.42 Å². The van der Waals surface area contributed by atoms with Crippen molar-refractivity contribution in [1.82, 2.24) is 9.21 Å². The number of benzene rings is 1. The van der Waals surface area contributed by atoms with E-state index < -0.39 is 10.0 Å². The molecule has 0 amide bonds. The average Bonchev–Trinajstić information content (AvgIpc) is 2.82. The molecule has 1 aliphatic heterocycles. The number of nitrogens with zero attached hydrogens (tertiary/aromatic N) is 2. The van der Waals surface area contributed by atoms with Crippen LogP contribution >= 0.6 is 0 Å². The Morgan fingerprint density at radius 1 is 1.30 bits per heavy atom. The number of sulfonamides is 1. The third kappa shape index (κ3) is 3.50. The van der Waals surface area contributed by atoms with Crippen LogP contribution in [0, 0.1) is 5.92 Å². The summed E-state index contributed by atoms with van der Waals surface area (Å²) in [6, 6.07) is 6.96. The summed E-state index contributed by atoms with van der Waals surface area (Å²) in [6.45, 7) is 3.22. The van der Waals surface area contributed by atoms with Crippen molar-refractivity contribution in [3.8, 4) is 0 Å². The summed E-state index contributed by atoms with van der Waals surface area (Å²) in [6.07, 6.45) is 1.22. The molecule has 0 aromatic heterocycles. The van der Waals surface area contributed by atoms with E-state index in [1.165, 1.54) is 24.8 Å². The second kappa shape index (κ2) is 6.11. The van der Waals surface area contributed by atoms with Crippen LogP contribution in [0.1, 0.15) is 6.42 Å². The minimum Gasteiger partial charge on any atom is -0.385 e. The molecule has 1 heterocycles. The highest BCUT2D eigenvalue weighted by molar-refractivity contribution is 7.89. The second-order valence-corrected chi connectivity index (χ2v) is 7.76. The van der Waals surface area contributed by atoms with Gasteiger partial charge in [0.25, 0.3) is 0 Å². The smallest absolute Gasteiger partial charge is 0.242 e. The molecule has 0 radical (unpaired) electrons. The van der Waals surface area contributed by atoms with Crippen LogP contribution < -0.4 is 5.32 Å². The quantitative estimate of drug-likeness (QED) is 0.890. The van der Waals surface area contributed by atoms with Crippen LogP contribution in [0.3, 0.4) is 0 Å². The van der Waals surface area contributed by atoms with Crippen LogP contribution in [0.2, 0.25) is 0 Å². The van der Waals surface area contributed by atoms with Crippen molar-refractivity contribution in [2.75, 3.05) is 46.1 Å². The van der Waals surface area contributed by atoms with E-state index in [-0.39, 0.29) is 0 Å². The van der Waals surface area contributed by atoms with Crippen molar-refractivity contribution in [3.63, 3.8) is 0 Å². The van der Waals surface area contributed by atoms with Gasteiger partial charge in [-0.3, -0.25) is 0 Å². The molecule has 20 heavy (non-hydrogen) atoms. The van der Waals surface area contributed by atoms with Crippen molar-refractivity contribution in [2.24, 2.45) is 5.92 Å². The maximum Gasteiger partial charge on any atom is 0.242 e. The molecular weight excluding hydrogens is 274 g/mol. The minimum absolute atomic E-state index is 0.327. The van der Waals surface area contributed by atoms with Gasteiger partial charge in [-0.1, -0.05) is 0 Å². The van der Waals surface area contributed by atoms with Crippen molar-refractivity contribution in [3.05, 3.63) is 24.3 Å². The maximum absolute atomic E-state index is 11.9. The van der Waals surface area contributed by atoms with Gasteiger partial charge in [0, 0.05) is 32.9 Å². The molecule has 1 aliphatic rings. The van der Waals surface area contributed by atoms with Gasteiger partial charge in [0.05, 0.1) is 4.90 Å². The normalized spacial score (nSPS) is 20.5. The number of nitrogens with one attached hydrogen (secondary N) is 1. The molecule has 1 aromatic rings. The first-order chi connectivity index (χ1) is 9.39. The lowest BCUT2D eigenvalue weighted by molar-refractivity contribution is 0.399. The first-order valence-electron chi connectivity index (χ1n) is 6.84. The molecule has 1 fully saturated rings. The second-order valence-electron chi connectivity index (χ2n) is 5.61. The zero-order chi connectivity index (χ0) is 14.8. The van der Waals surface area contributed by atoms with Gasteiger partial charge in [-0.2, -0.15) is 0 Å². The van der Waals surface area contributed by atoms with Gasteiger partial charge in [-0.15, -0.1) is 0 Å². The van der Waals surface area contributed by atoms with Gasteiger partial charge >= 0.3 is 0 Å². The lowest BCUT2D eigenvalue weighted by Gasteiger charge is -2.14. The molecule has 1 unspecified atom stereocenters. The van der Waals surface area contributed by atoms with Gasteiger partial charge in [-0.05, 0) is 50.2 Å². The van der Waals surface area contributed by atoms with Gasteiger partial charge in [0.1, 0.15) is 0 Å². The van der Waals surface area contributed by atoms with Crippen LogP contribution in [0.4, 0.5) is 5.69 Å². The molecule has 112 valence electrons. The van der Waals surface area contributed by atoms with Gasteiger partial charge in [0.2, 0.25) is 10.0 Å². The van der Waals surface area contributed by atoms with Crippen LogP contribution in [0.25, 0.3) is 0 Å².